The van der Waals surface area contributed by atoms with Gasteiger partial charge >= 0.3 is 0 Å². The SMILES string of the molecule is C.C=C1NC(=O)C/C1=C\c1cnn2c(Nc3ccccc3)nc(N3CCN(Cc4ccc(C#N)cc4)CC3)nc12.C=C1NC(=O)C/C1=C\c1cnn2c(Nc3ccccc3)nc(N3CCN(c4ncccc4C#N)CC3)nc12. The van der Waals surface area contributed by atoms with Crippen molar-refractivity contribution >= 4 is 76.2 Å². The molecule has 2 amide bonds. The predicted octanol–water partition coefficient (Wildman–Crippen LogP) is 6.99. The summed E-state index contributed by atoms with van der Waals surface area (Å²) in [5.41, 5.74) is 9.84. The van der Waals surface area contributed by atoms with Crippen LogP contribution in [0.25, 0.3) is 23.4 Å². The summed E-state index contributed by atoms with van der Waals surface area (Å²) in [4.78, 5) is 56.4. The number of rotatable bonds is 11. The number of anilines is 7. The number of hydrogen-bond donors (Lipinski definition) is 4. The van der Waals surface area contributed by atoms with Crippen molar-refractivity contribution in [2.24, 2.45) is 0 Å². The summed E-state index contributed by atoms with van der Waals surface area (Å²) in [6.07, 6.45) is 9.53. The van der Waals surface area contributed by atoms with Gasteiger partial charge in [0.1, 0.15) is 11.9 Å². The molecule has 4 saturated heterocycles. The molecule has 4 aliphatic rings. The number of hydrogen-bond acceptors (Lipinski definition) is 17. The number of para-hydroxylation sites is 2. The van der Waals surface area contributed by atoms with Gasteiger partial charge in [0.25, 0.3) is 0 Å². The smallest absolute Gasteiger partial charge is 0.233 e. The van der Waals surface area contributed by atoms with Gasteiger partial charge in [0.15, 0.2) is 11.3 Å². The lowest BCUT2D eigenvalue weighted by Gasteiger charge is -2.35. The molecule has 4 aliphatic heterocycles. The zero-order valence-electron chi connectivity index (χ0n) is 41.8. The monoisotopic (exact) mass is 1040 g/mol. The van der Waals surface area contributed by atoms with Crippen LogP contribution in [0.5, 0.6) is 0 Å². The Kier molecular flexibility index (Phi) is 14.9. The van der Waals surface area contributed by atoms with E-state index in [-0.39, 0.29) is 32.1 Å². The van der Waals surface area contributed by atoms with Gasteiger partial charge in [-0.2, -0.15) is 49.7 Å². The van der Waals surface area contributed by atoms with Crippen LogP contribution in [-0.4, -0.2) is 113 Å². The van der Waals surface area contributed by atoms with Crippen molar-refractivity contribution in [1.82, 2.24) is 59.7 Å². The van der Waals surface area contributed by atoms with Gasteiger partial charge in [0.05, 0.1) is 42.4 Å². The third kappa shape index (κ3) is 11.2. The molecule has 390 valence electrons. The van der Waals surface area contributed by atoms with Crippen LogP contribution in [0.15, 0.2) is 151 Å². The number of benzene rings is 3. The summed E-state index contributed by atoms with van der Waals surface area (Å²) >= 11 is 0. The molecule has 4 N–H and O–H groups in total. The lowest BCUT2D eigenvalue weighted by atomic mass is 10.1. The number of nitrogens with zero attached hydrogens (tertiary/aromatic N) is 15. The van der Waals surface area contributed by atoms with Crippen LogP contribution in [0.1, 0.15) is 48.1 Å². The second-order valence-corrected chi connectivity index (χ2v) is 18.6. The molecule has 78 heavy (non-hydrogen) atoms. The Balaban J connectivity index is 0.000000174. The zero-order chi connectivity index (χ0) is 52.8. The van der Waals surface area contributed by atoms with E-state index in [4.69, 9.17) is 25.2 Å². The molecule has 12 rings (SSSR count). The zero-order valence-corrected chi connectivity index (χ0v) is 41.8. The van der Waals surface area contributed by atoms with Crippen molar-refractivity contribution in [3.05, 3.63) is 179 Å². The highest BCUT2D eigenvalue weighted by Crippen LogP contribution is 2.29. The average molecular weight is 1040 g/mol. The summed E-state index contributed by atoms with van der Waals surface area (Å²) in [5, 5.41) is 39.9. The van der Waals surface area contributed by atoms with Crippen LogP contribution < -0.4 is 36.0 Å². The van der Waals surface area contributed by atoms with Gasteiger partial charge in [0, 0.05) is 99.0 Å². The molecule has 21 heteroatoms. The van der Waals surface area contributed by atoms with Gasteiger partial charge in [-0.05, 0) is 77.4 Å². The van der Waals surface area contributed by atoms with Gasteiger partial charge in [0.2, 0.25) is 35.6 Å². The quantitative estimate of drug-likeness (QED) is 0.102. The molecule has 0 aliphatic carbocycles. The molecular weight excluding hydrogens is 983 g/mol. The molecule has 3 aromatic carbocycles. The van der Waals surface area contributed by atoms with Gasteiger partial charge in [-0.25, -0.2) is 4.98 Å². The summed E-state index contributed by atoms with van der Waals surface area (Å²) in [6, 6.07) is 35.3. The number of nitrogens with one attached hydrogen (secondary N) is 4. The maximum absolute atomic E-state index is 11.9. The molecule has 5 aromatic heterocycles. The summed E-state index contributed by atoms with van der Waals surface area (Å²) in [5.74, 6) is 2.83. The highest BCUT2D eigenvalue weighted by atomic mass is 16.2. The van der Waals surface area contributed by atoms with Crippen molar-refractivity contribution in [2.75, 3.05) is 77.7 Å². The fourth-order valence-electron chi connectivity index (χ4n) is 9.42. The Morgan fingerprint density at radius 1 is 0.590 bits per heavy atom. The normalized spacial score (nSPS) is 16.6. The van der Waals surface area contributed by atoms with Gasteiger partial charge in [-0.3, -0.25) is 14.5 Å². The average Bonchev–Trinajstić information content (AvgIpc) is 4.30. The van der Waals surface area contributed by atoms with Crippen LogP contribution in [0.4, 0.5) is 41.0 Å². The fraction of sp³-hybridized carbons (Fsp3) is 0.211. The van der Waals surface area contributed by atoms with Crippen LogP contribution in [0.3, 0.4) is 0 Å². The highest BCUT2D eigenvalue weighted by Gasteiger charge is 2.27. The topological polar surface area (TPSA) is 242 Å². The van der Waals surface area contributed by atoms with E-state index in [1.54, 1.807) is 39.8 Å². The second kappa shape index (κ2) is 22.7. The van der Waals surface area contributed by atoms with Crippen LogP contribution >= 0.6 is 0 Å². The minimum Gasteiger partial charge on any atom is -0.352 e. The molecule has 0 saturated carbocycles. The maximum Gasteiger partial charge on any atom is 0.233 e. The molecular formula is C57H55N19O2. The van der Waals surface area contributed by atoms with E-state index in [0.717, 1.165) is 66.4 Å². The second-order valence-electron chi connectivity index (χ2n) is 18.6. The van der Waals surface area contributed by atoms with Crippen LogP contribution in [-0.2, 0) is 16.1 Å². The number of fused-ring (bicyclic) bond motifs is 2. The first kappa shape index (κ1) is 51.2. The Bertz CT molecular complexity index is 3710. The largest absolute Gasteiger partial charge is 0.352 e. The molecule has 0 radical (unpaired) electrons. The van der Waals surface area contributed by atoms with E-state index in [9.17, 15) is 14.9 Å². The Morgan fingerprint density at radius 3 is 1.54 bits per heavy atom. The lowest BCUT2D eigenvalue weighted by Crippen LogP contribution is -2.47. The number of carbonyl (C=O) groups is 2. The number of pyridine rings is 1. The molecule has 4 fully saturated rings. The lowest BCUT2D eigenvalue weighted by molar-refractivity contribution is -0.119. The number of aromatic nitrogens is 9. The van der Waals surface area contributed by atoms with Gasteiger partial charge in [-0.15, -0.1) is 0 Å². The van der Waals surface area contributed by atoms with E-state index in [1.807, 2.05) is 97.1 Å². The first-order valence-electron chi connectivity index (χ1n) is 25.0. The van der Waals surface area contributed by atoms with E-state index in [0.29, 0.717) is 89.6 Å². The number of piperazine rings is 2. The molecule has 8 aromatic rings. The van der Waals surface area contributed by atoms with E-state index in [2.05, 4.69) is 81.3 Å². The first-order valence-corrected chi connectivity index (χ1v) is 25.0. The van der Waals surface area contributed by atoms with Crippen LogP contribution in [0.2, 0.25) is 0 Å². The molecule has 21 nitrogen and oxygen atoms in total. The minimum absolute atomic E-state index is 0. The van der Waals surface area contributed by atoms with Crippen molar-refractivity contribution in [3.63, 3.8) is 0 Å². The first-order chi connectivity index (χ1) is 37.6. The Hall–Kier alpha value is -10.2. The molecule has 9 heterocycles. The number of nitriles is 2. The van der Waals surface area contributed by atoms with Gasteiger partial charge in [-0.1, -0.05) is 69.1 Å². The van der Waals surface area contributed by atoms with Crippen LogP contribution in [0, 0.1) is 22.7 Å². The van der Waals surface area contributed by atoms with E-state index in [1.165, 1.54) is 5.56 Å². The van der Waals surface area contributed by atoms with Crippen molar-refractivity contribution in [3.8, 4) is 12.1 Å². The number of allylic oxidation sites excluding steroid dienone is 2. The molecule has 0 spiro atoms. The van der Waals surface area contributed by atoms with Crippen molar-refractivity contribution in [1.29, 1.82) is 10.5 Å². The molecule has 0 bridgehead atoms. The van der Waals surface area contributed by atoms with E-state index >= 15 is 0 Å². The summed E-state index contributed by atoms with van der Waals surface area (Å²) in [7, 11) is 0. The number of carbonyl (C=O) groups excluding carboxylic acids is 2. The summed E-state index contributed by atoms with van der Waals surface area (Å²) in [6.45, 7) is 14.7. The maximum atomic E-state index is 11.9. The summed E-state index contributed by atoms with van der Waals surface area (Å²) < 4.78 is 3.36. The van der Waals surface area contributed by atoms with Crippen molar-refractivity contribution in [2.45, 2.75) is 26.8 Å². The minimum atomic E-state index is -0.0789. The standard InChI is InChI=1S/C29H27N9O.C27H24N10O.CH4/c1-20-23(16-26(39)32-20)15-24-18-31-38-27(24)34-28(35-29(38)33-25-5-3-2-4-6-25)37-13-11-36(12-14-37)19-22-9-7-21(17-30)8-10-22;1-18-20(15-23(38)31-18)14-21-17-30-37-25(21)33-26(34-27(37)32-22-7-3-2-4-8-22)36-12-10-35(11-13-36)24-19(16-28)6-5-9-29-24;/h2-10,15,18H,1,11-14,16,19H2,(H,32,39)(H,33,34,35);2-9,14,17H,1,10-13,15H2,(H,31,38)(H,32,33,34);1H4/b23-15+;20-14+;. The third-order valence-electron chi connectivity index (χ3n) is 13.5. The highest BCUT2D eigenvalue weighted by molar-refractivity contribution is 5.90. The predicted molar refractivity (Wildman–Crippen MR) is 300 cm³/mol. The van der Waals surface area contributed by atoms with E-state index < -0.39 is 0 Å². The van der Waals surface area contributed by atoms with Crippen molar-refractivity contribution < 1.29 is 9.59 Å². The number of amides is 2. The third-order valence-corrected chi connectivity index (χ3v) is 13.5. The molecule has 0 unspecified atom stereocenters. The van der Waals surface area contributed by atoms with Gasteiger partial charge < -0.3 is 36.0 Å². The fourth-order valence-corrected chi connectivity index (χ4v) is 9.42. The molecule has 0 atom stereocenters. The Labute approximate surface area is 450 Å². The Morgan fingerprint density at radius 2 is 1.08 bits per heavy atom.